The van der Waals surface area contributed by atoms with Crippen molar-refractivity contribution in [1.29, 1.82) is 0 Å². The molecule has 0 spiro atoms. The Labute approximate surface area is 164 Å². The van der Waals surface area contributed by atoms with Crippen molar-refractivity contribution in [3.05, 3.63) is 34.0 Å². The number of hydrogen-bond acceptors (Lipinski definition) is 5. The van der Waals surface area contributed by atoms with Crippen LogP contribution in [0.1, 0.15) is 28.4 Å². The lowest BCUT2D eigenvalue weighted by atomic mass is 9.87. The molecule has 0 bridgehead atoms. The quantitative estimate of drug-likeness (QED) is 0.799. The van der Waals surface area contributed by atoms with Crippen LogP contribution in [0.15, 0.2) is 18.5 Å². The molecule has 2 aromatic rings. The Morgan fingerprint density at radius 3 is 2.64 bits per heavy atom. The Bertz CT molecular complexity index is 668. The van der Waals surface area contributed by atoms with Crippen molar-refractivity contribution in [2.24, 2.45) is 0 Å². The van der Waals surface area contributed by atoms with E-state index < -0.39 is 5.54 Å². The topological polar surface area (TPSA) is 71.8 Å². The Morgan fingerprint density at radius 1 is 1.36 bits per heavy atom. The maximum atomic E-state index is 12.9. The van der Waals surface area contributed by atoms with E-state index in [2.05, 4.69) is 20.7 Å². The van der Waals surface area contributed by atoms with Crippen LogP contribution in [0.5, 0.6) is 0 Å². The predicted molar refractivity (Wildman–Crippen MR) is 105 cm³/mol. The van der Waals surface area contributed by atoms with Crippen LogP contribution in [0.25, 0.3) is 0 Å². The first-order valence-electron chi connectivity index (χ1n) is 8.04. The summed E-state index contributed by atoms with van der Waals surface area (Å²) in [6.45, 7) is 6.35. The lowest BCUT2D eigenvalue weighted by molar-refractivity contribution is -0.131. The predicted octanol–water partition coefficient (Wildman–Crippen LogP) is 2.24. The standard InChI is InChI=1S/C16H23N5OS.2ClH/c1-12-14(23-13(2)20-12)4-8-18-15(22)16(5-9-17-10-6-16)21-11-3-7-19-21;;/h3,7,11,17H,4-6,8-10H2,1-2H3,(H,18,22);2*1H. The molecule has 1 aliphatic heterocycles. The maximum Gasteiger partial charge on any atom is 0.248 e. The monoisotopic (exact) mass is 405 g/mol. The van der Waals surface area contributed by atoms with Gasteiger partial charge in [-0.3, -0.25) is 9.48 Å². The molecule has 140 valence electrons. The third kappa shape index (κ3) is 4.73. The van der Waals surface area contributed by atoms with Crippen molar-refractivity contribution < 1.29 is 4.79 Å². The molecule has 0 saturated carbocycles. The number of hydrogen-bond donors (Lipinski definition) is 2. The molecule has 9 heteroatoms. The van der Waals surface area contributed by atoms with Crippen LogP contribution in [-0.4, -0.2) is 40.3 Å². The van der Waals surface area contributed by atoms with Gasteiger partial charge in [0.25, 0.3) is 0 Å². The third-order valence-corrected chi connectivity index (χ3v) is 5.57. The van der Waals surface area contributed by atoms with Crippen molar-refractivity contribution in [3.8, 4) is 0 Å². The summed E-state index contributed by atoms with van der Waals surface area (Å²) < 4.78 is 1.82. The molecule has 1 saturated heterocycles. The maximum absolute atomic E-state index is 12.9. The van der Waals surface area contributed by atoms with E-state index in [9.17, 15) is 4.79 Å². The van der Waals surface area contributed by atoms with Gasteiger partial charge in [-0.1, -0.05) is 0 Å². The molecule has 6 nitrogen and oxygen atoms in total. The van der Waals surface area contributed by atoms with E-state index in [1.54, 1.807) is 17.5 Å². The molecule has 0 aromatic carbocycles. The van der Waals surface area contributed by atoms with Gasteiger partial charge in [0.1, 0.15) is 5.54 Å². The van der Waals surface area contributed by atoms with E-state index in [0.717, 1.165) is 43.1 Å². The SMILES string of the molecule is Cc1nc(C)c(CCNC(=O)C2(n3cccn3)CCNCC2)s1.Cl.Cl. The molecule has 3 rings (SSSR count). The van der Waals surface area contributed by atoms with Crippen molar-refractivity contribution >= 4 is 42.1 Å². The lowest BCUT2D eigenvalue weighted by Crippen LogP contribution is -2.54. The van der Waals surface area contributed by atoms with Gasteiger partial charge in [0, 0.05) is 30.2 Å². The summed E-state index contributed by atoms with van der Waals surface area (Å²) >= 11 is 1.71. The van der Waals surface area contributed by atoms with Crippen molar-refractivity contribution in [2.45, 2.75) is 38.6 Å². The first-order valence-corrected chi connectivity index (χ1v) is 8.85. The van der Waals surface area contributed by atoms with Crippen LogP contribution in [0.4, 0.5) is 0 Å². The van der Waals surface area contributed by atoms with Crippen LogP contribution in [0, 0.1) is 13.8 Å². The normalized spacial score (nSPS) is 15.8. The fourth-order valence-corrected chi connectivity index (χ4v) is 4.12. The van der Waals surface area contributed by atoms with Crippen LogP contribution >= 0.6 is 36.2 Å². The van der Waals surface area contributed by atoms with E-state index in [0.29, 0.717) is 6.54 Å². The fourth-order valence-electron chi connectivity index (χ4n) is 3.18. The Hall–Kier alpha value is -1.15. The highest BCUT2D eigenvalue weighted by Crippen LogP contribution is 2.27. The Kier molecular flexibility index (Phi) is 8.34. The smallest absolute Gasteiger partial charge is 0.248 e. The average Bonchev–Trinajstić information content (AvgIpc) is 3.18. The largest absolute Gasteiger partial charge is 0.354 e. The number of carbonyl (C=O) groups excluding carboxylic acids is 1. The van der Waals surface area contributed by atoms with Crippen LogP contribution < -0.4 is 10.6 Å². The molecule has 1 amide bonds. The number of nitrogens with one attached hydrogen (secondary N) is 2. The fraction of sp³-hybridized carbons (Fsp3) is 0.562. The Morgan fingerprint density at radius 2 is 2.08 bits per heavy atom. The van der Waals surface area contributed by atoms with E-state index in [4.69, 9.17) is 0 Å². The van der Waals surface area contributed by atoms with Gasteiger partial charge in [-0.2, -0.15) is 5.10 Å². The van der Waals surface area contributed by atoms with Gasteiger partial charge in [0.15, 0.2) is 0 Å². The minimum Gasteiger partial charge on any atom is -0.354 e. The number of aryl methyl sites for hydroxylation is 2. The summed E-state index contributed by atoms with van der Waals surface area (Å²) in [6.07, 6.45) is 5.98. The van der Waals surface area contributed by atoms with E-state index >= 15 is 0 Å². The molecule has 0 unspecified atom stereocenters. The van der Waals surface area contributed by atoms with Crippen LogP contribution in [-0.2, 0) is 16.8 Å². The van der Waals surface area contributed by atoms with Gasteiger partial charge < -0.3 is 10.6 Å². The van der Waals surface area contributed by atoms with E-state index in [-0.39, 0.29) is 30.7 Å². The minimum absolute atomic E-state index is 0. The number of aromatic nitrogens is 3. The zero-order valence-corrected chi connectivity index (χ0v) is 16.9. The summed E-state index contributed by atoms with van der Waals surface area (Å²) in [5.74, 6) is 0.0709. The van der Waals surface area contributed by atoms with Crippen molar-refractivity contribution in [1.82, 2.24) is 25.4 Å². The summed E-state index contributed by atoms with van der Waals surface area (Å²) in [5.41, 5.74) is 0.512. The van der Waals surface area contributed by atoms with Gasteiger partial charge in [0.2, 0.25) is 5.91 Å². The zero-order chi connectivity index (χ0) is 16.3. The summed E-state index contributed by atoms with van der Waals surface area (Å²) in [4.78, 5) is 18.6. The first kappa shape index (κ1) is 21.9. The highest BCUT2D eigenvalue weighted by Gasteiger charge is 2.41. The molecule has 0 atom stereocenters. The molecular formula is C16H25Cl2N5OS. The lowest BCUT2D eigenvalue weighted by Gasteiger charge is -2.36. The second-order valence-electron chi connectivity index (χ2n) is 5.98. The highest BCUT2D eigenvalue weighted by atomic mass is 35.5. The molecule has 0 radical (unpaired) electrons. The number of amides is 1. The molecular weight excluding hydrogens is 381 g/mol. The van der Waals surface area contributed by atoms with Gasteiger partial charge in [-0.25, -0.2) is 4.98 Å². The molecule has 0 aliphatic carbocycles. The number of piperidine rings is 1. The van der Waals surface area contributed by atoms with Gasteiger partial charge >= 0.3 is 0 Å². The molecule has 2 N–H and O–H groups in total. The van der Waals surface area contributed by atoms with Gasteiger partial charge in [0.05, 0.1) is 10.7 Å². The number of rotatable bonds is 5. The summed E-state index contributed by atoms with van der Waals surface area (Å²) in [7, 11) is 0. The van der Waals surface area contributed by atoms with Crippen LogP contribution in [0.3, 0.4) is 0 Å². The number of nitrogens with zero attached hydrogens (tertiary/aromatic N) is 3. The molecule has 25 heavy (non-hydrogen) atoms. The van der Waals surface area contributed by atoms with Crippen molar-refractivity contribution in [2.75, 3.05) is 19.6 Å². The van der Waals surface area contributed by atoms with E-state index in [1.807, 2.05) is 30.8 Å². The van der Waals surface area contributed by atoms with E-state index in [1.165, 1.54) is 4.88 Å². The second-order valence-corrected chi connectivity index (χ2v) is 7.27. The first-order chi connectivity index (χ1) is 11.1. The zero-order valence-electron chi connectivity index (χ0n) is 14.4. The summed E-state index contributed by atoms with van der Waals surface area (Å²) in [5, 5.41) is 11.9. The number of carbonyl (C=O) groups is 1. The molecule has 1 fully saturated rings. The molecule has 2 aromatic heterocycles. The molecule has 3 heterocycles. The van der Waals surface area contributed by atoms with Gasteiger partial charge in [-0.15, -0.1) is 36.2 Å². The summed E-state index contributed by atoms with van der Waals surface area (Å²) in [6, 6.07) is 1.88. The third-order valence-electron chi connectivity index (χ3n) is 4.43. The van der Waals surface area contributed by atoms with Gasteiger partial charge in [-0.05, 0) is 45.8 Å². The highest BCUT2D eigenvalue weighted by molar-refractivity contribution is 7.11. The average molecular weight is 406 g/mol. The second kappa shape index (κ2) is 9.52. The molecule has 1 aliphatic rings. The van der Waals surface area contributed by atoms with Crippen LogP contribution in [0.2, 0.25) is 0 Å². The Balaban J connectivity index is 0.00000156. The minimum atomic E-state index is -0.562. The van der Waals surface area contributed by atoms with Crippen molar-refractivity contribution in [3.63, 3.8) is 0 Å². The number of thiazole rings is 1. The number of halogens is 2.